The fourth-order valence-electron chi connectivity index (χ4n) is 1.99. The van der Waals surface area contributed by atoms with E-state index in [0.717, 1.165) is 17.3 Å². The molecule has 1 aliphatic rings. The van der Waals surface area contributed by atoms with E-state index in [2.05, 4.69) is 29.6 Å². The fraction of sp³-hybridized carbons (Fsp3) is 0. The van der Waals surface area contributed by atoms with Crippen molar-refractivity contribution in [1.29, 1.82) is 0 Å². The third-order valence-corrected chi connectivity index (χ3v) is 3.78. The van der Waals surface area contributed by atoms with E-state index in [4.69, 9.17) is 0 Å². The van der Waals surface area contributed by atoms with E-state index in [9.17, 15) is 9.59 Å². The highest BCUT2D eigenvalue weighted by Crippen LogP contribution is 2.23. The van der Waals surface area contributed by atoms with Crippen LogP contribution in [-0.4, -0.2) is 11.1 Å². The largest absolute Gasteiger partial charge is 0.290 e. The highest BCUT2D eigenvalue weighted by Gasteiger charge is 2.24. The molecular weight excluding hydrogens is 270 g/mol. The molecule has 98 valence electrons. The minimum Gasteiger partial charge on any atom is -0.282 e. The molecule has 20 heavy (non-hydrogen) atoms. The van der Waals surface area contributed by atoms with Gasteiger partial charge in [0.25, 0.3) is 11.1 Å². The summed E-state index contributed by atoms with van der Waals surface area (Å²) in [6.45, 7) is 0. The number of nitrogens with one attached hydrogen (secondary N) is 1. The number of benzene rings is 2. The topological polar surface area (TPSA) is 46.2 Å². The van der Waals surface area contributed by atoms with Crippen molar-refractivity contribution in [1.82, 2.24) is 5.32 Å². The molecule has 1 saturated heterocycles. The average Bonchev–Trinajstić information content (AvgIpc) is 2.77. The summed E-state index contributed by atoms with van der Waals surface area (Å²) in [5.41, 5.74) is 1.05. The molecule has 4 heteroatoms. The molecule has 0 unspecified atom stereocenters. The third kappa shape index (κ3) is 2.65. The van der Waals surface area contributed by atoms with Crippen LogP contribution >= 0.6 is 11.8 Å². The lowest BCUT2D eigenvalue weighted by Gasteiger charge is -1.98. The quantitative estimate of drug-likeness (QED) is 0.853. The van der Waals surface area contributed by atoms with Gasteiger partial charge < -0.3 is 0 Å². The summed E-state index contributed by atoms with van der Waals surface area (Å²) < 4.78 is 0. The number of carbonyl (C=O) groups excluding carboxylic acids is 2. The van der Waals surface area contributed by atoms with Gasteiger partial charge in [-0.25, -0.2) is 0 Å². The van der Waals surface area contributed by atoms with Crippen molar-refractivity contribution in [2.45, 2.75) is 0 Å². The molecule has 0 saturated carbocycles. The normalized spacial score (nSPS) is 17.3. The Balaban J connectivity index is 1.82. The predicted molar refractivity (Wildman–Crippen MR) is 82.2 cm³/mol. The molecule has 2 amide bonds. The number of allylic oxidation sites excluding steroid dienone is 2. The molecular formula is C16H11NO2S. The lowest BCUT2D eigenvalue weighted by atomic mass is 10.1. The van der Waals surface area contributed by atoms with Crippen LogP contribution in [0.4, 0.5) is 4.79 Å². The third-order valence-electron chi connectivity index (χ3n) is 2.95. The van der Waals surface area contributed by atoms with Gasteiger partial charge in [-0.15, -0.1) is 0 Å². The van der Waals surface area contributed by atoms with Gasteiger partial charge in [0.1, 0.15) is 0 Å². The van der Waals surface area contributed by atoms with Crippen LogP contribution in [0.25, 0.3) is 16.8 Å². The molecule has 1 fully saturated rings. The molecule has 0 atom stereocenters. The Morgan fingerprint density at radius 1 is 1.00 bits per heavy atom. The highest BCUT2D eigenvalue weighted by atomic mass is 32.2. The van der Waals surface area contributed by atoms with Gasteiger partial charge in [0, 0.05) is 0 Å². The second kappa shape index (κ2) is 5.35. The molecule has 0 aliphatic carbocycles. The minimum absolute atomic E-state index is 0.319. The molecule has 0 spiro atoms. The SMILES string of the molecule is O=C1NC(=O)C(=CC=Cc2ccc3ccccc3c2)S1. The summed E-state index contributed by atoms with van der Waals surface area (Å²) in [7, 11) is 0. The van der Waals surface area contributed by atoms with E-state index in [0.29, 0.717) is 4.91 Å². The van der Waals surface area contributed by atoms with Crippen LogP contribution < -0.4 is 5.32 Å². The summed E-state index contributed by atoms with van der Waals surface area (Å²) in [4.78, 5) is 22.8. The fourth-order valence-corrected chi connectivity index (χ4v) is 2.63. The smallest absolute Gasteiger partial charge is 0.282 e. The first-order chi connectivity index (χ1) is 9.72. The maximum atomic E-state index is 11.3. The molecule has 1 heterocycles. The number of fused-ring (bicyclic) bond motifs is 1. The maximum Gasteiger partial charge on any atom is 0.290 e. The first-order valence-electron chi connectivity index (χ1n) is 6.13. The molecule has 0 bridgehead atoms. The molecule has 1 aliphatic heterocycles. The van der Waals surface area contributed by atoms with Crippen molar-refractivity contribution in [3.8, 4) is 0 Å². The Kier molecular flexibility index (Phi) is 3.39. The van der Waals surface area contributed by atoms with Crippen LogP contribution in [0.1, 0.15) is 5.56 Å². The average molecular weight is 281 g/mol. The van der Waals surface area contributed by atoms with Gasteiger partial charge in [0.2, 0.25) is 0 Å². The van der Waals surface area contributed by atoms with Crippen molar-refractivity contribution in [3.05, 3.63) is 65.1 Å². The molecule has 3 nitrogen and oxygen atoms in total. The number of hydrogen-bond donors (Lipinski definition) is 1. The highest BCUT2D eigenvalue weighted by molar-refractivity contribution is 8.18. The predicted octanol–water partition coefficient (Wildman–Crippen LogP) is 3.72. The Bertz CT molecular complexity index is 762. The molecule has 1 N–H and O–H groups in total. The Morgan fingerprint density at radius 2 is 1.80 bits per heavy atom. The van der Waals surface area contributed by atoms with Crippen molar-refractivity contribution < 1.29 is 9.59 Å². The molecule has 3 rings (SSSR count). The zero-order valence-electron chi connectivity index (χ0n) is 10.5. The summed E-state index contributed by atoms with van der Waals surface area (Å²) >= 11 is 0.922. The van der Waals surface area contributed by atoms with Crippen LogP contribution in [0.5, 0.6) is 0 Å². The zero-order valence-corrected chi connectivity index (χ0v) is 11.3. The Hall–Kier alpha value is -2.33. The number of hydrogen-bond acceptors (Lipinski definition) is 3. The van der Waals surface area contributed by atoms with Crippen LogP contribution in [0.3, 0.4) is 0 Å². The Morgan fingerprint density at radius 3 is 2.55 bits per heavy atom. The van der Waals surface area contributed by atoms with Gasteiger partial charge >= 0.3 is 0 Å². The second-order valence-electron chi connectivity index (χ2n) is 4.34. The Labute approximate surface area is 120 Å². The van der Waals surface area contributed by atoms with Crippen molar-refractivity contribution >= 4 is 39.8 Å². The lowest BCUT2D eigenvalue weighted by Crippen LogP contribution is -2.17. The van der Waals surface area contributed by atoms with Gasteiger partial charge in [-0.3, -0.25) is 14.9 Å². The molecule has 2 aromatic carbocycles. The summed E-state index contributed by atoms with van der Waals surface area (Å²) in [5.74, 6) is -0.330. The first-order valence-corrected chi connectivity index (χ1v) is 6.94. The van der Waals surface area contributed by atoms with Gasteiger partial charge in [-0.05, 0) is 40.2 Å². The zero-order chi connectivity index (χ0) is 13.9. The summed E-state index contributed by atoms with van der Waals surface area (Å²) in [6, 6.07) is 14.3. The number of rotatable bonds is 2. The molecule has 2 aromatic rings. The minimum atomic E-state index is -0.330. The van der Waals surface area contributed by atoms with E-state index in [1.807, 2.05) is 24.3 Å². The number of amides is 2. The van der Waals surface area contributed by atoms with Crippen LogP contribution in [0.15, 0.2) is 59.5 Å². The van der Waals surface area contributed by atoms with E-state index in [1.54, 1.807) is 12.2 Å². The number of carbonyl (C=O) groups is 2. The van der Waals surface area contributed by atoms with Gasteiger partial charge in [-0.1, -0.05) is 48.6 Å². The van der Waals surface area contributed by atoms with Gasteiger partial charge in [-0.2, -0.15) is 0 Å². The molecule has 0 aromatic heterocycles. The number of thioether (sulfide) groups is 1. The van der Waals surface area contributed by atoms with Crippen LogP contribution in [0, 0.1) is 0 Å². The number of imide groups is 1. The van der Waals surface area contributed by atoms with Crippen LogP contribution in [0.2, 0.25) is 0 Å². The van der Waals surface area contributed by atoms with Gasteiger partial charge in [0.15, 0.2) is 0 Å². The first kappa shape index (κ1) is 12.7. The van der Waals surface area contributed by atoms with Gasteiger partial charge in [0.05, 0.1) is 4.91 Å². The van der Waals surface area contributed by atoms with E-state index in [1.165, 1.54) is 10.8 Å². The van der Waals surface area contributed by atoms with E-state index >= 15 is 0 Å². The van der Waals surface area contributed by atoms with E-state index < -0.39 is 0 Å². The van der Waals surface area contributed by atoms with Crippen molar-refractivity contribution in [2.75, 3.05) is 0 Å². The maximum absolute atomic E-state index is 11.3. The van der Waals surface area contributed by atoms with Crippen molar-refractivity contribution in [2.24, 2.45) is 0 Å². The van der Waals surface area contributed by atoms with Crippen molar-refractivity contribution in [3.63, 3.8) is 0 Å². The summed E-state index contributed by atoms with van der Waals surface area (Å²) in [6.07, 6.45) is 5.35. The summed E-state index contributed by atoms with van der Waals surface area (Å²) in [5, 5.41) is 4.27. The van der Waals surface area contributed by atoms with Crippen LogP contribution in [-0.2, 0) is 4.79 Å². The van der Waals surface area contributed by atoms with E-state index in [-0.39, 0.29) is 11.1 Å². The molecule has 0 radical (unpaired) electrons. The lowest BCUT2D eigenvalue weighted by molar-refractivity contribution is -0.115. The second-order valence-corrected chi connectivity index (χ2v) is 5.36. The monoisotopic (exact) mass is 281 g/mol. The standard InChI is InChI=1S/C16H11NO2S/c18-15-14(20-16(19)17-15)7-3-4-11-8-9-12-5-1-2-6-13(12)10-11/h1-10H,(H,17,18,19).